The molecule has 0 aliphatic rings. The summed E-state index contributed by atoms with van der Waals surface area (Å²) in [5, 5.41) is 20.9. The Morgan fingerprint density at radius 2 is 1.85 bits per heavy atom. The molecule has 0 saturated carbocycles. The number of rotatable bonds is 7. The van der Waals surface area contributed by atoms with Gasteiger partial charge in [0.15, 0.2) is 0 Å². The first-order valence-electron chi connectivity index (χ1n) is 8.44. The van der Waals surface area contributed by atoms with Crippen LogP contribution in [0.5, 0.6) is 0 Å². The van der Waals surface area contributed by atoms with Gasteiger partial charge in [-0.3, -0.25) is 4.79 Å². The van der Waals surface area contributed by atoms with Gasteiger partial charge in [-0.05, 0) is 41.6 Å². The summed E-state index contributed by atoms with van der Waals surface area (Å²) in [6, 6.07) is 21.0. The van der Waals surface area contributed by atoms with Crippen molar-refractivity contribution in [3.8, 4) is 11.8 Å². The van der Waals surface area contributed by atoms with E-state index in [9.17, 15) is 4.79 Å². The molecule has 1 heterocycles. The van der Waals surface area contributed by atoms with Crippen molar-refractivity contribution in [1.29, 1.82) is 5.26 Å². The molecule has 0 radical (unpaired) electrons. The molecule has 0 saturated heterocycles. The third-order valence-electron chi connectivity index (χ3n) is 3.85. The van der Waals surface area contributed by atoms with Crippen LogP contribution in [0, 0.1) is 11.3 Å². The number of aromatic nitrogens is 4. The molecule has 0 aliphatic carbocycles. The smallest absolute Gasteiger partial charge is 0.240 e. The molecule has 1 aromatic heterocycles. The van der Waals surface area contributed by atoms with Crippen molar-refractivity contribution in [1.82, 2.24) is 20.2 Å². The average molecular weight is 378 g/mol. The number of nitrogens with zero attached hydrogens (tertiary/aromatic N) is 6. The van der Waals surface area contributed by atoms with Crippen LogP contribution in [-0.2, 0) is 4.79 Å². The highest BCUT2D eigenvalue weighted by Gasteiger charge is 2.25. The maximum Gasteiger partial charge on any atom is 0.240 e. The summed E-state index contributed by atoms with van der Waals surface area (Å²) >= 11 is 1.29. The van der Waals surface area contributed by atoms with Gasteiger partial charge in [0.05, 0.1) is 23.4 Å². The van der Waals surface area contributed by atoms with Gasteiger partial charge in [-0.25, -0.2) is 0 Å². The van der Waals surface area contributed by atoms with E-state index in [4.69, 9.17) is 5.26 Å². The fourth-order valence-corrected chi connectivity index (χ4v) is 3.42. The summed E-state index contributed by atoms with van der Waals surface area (Å²) in [5.41, 5.74) is 1.60. The number of carbonyl (C=O) groups excluding carboxylic acids is 1. The number of carbonyl (C=O) groups is 1. The van der Waals surface area contributed by atoms with Gasteiger partial charge < -0.3 is 4.90 Å². The van der Waals surface area contributed by atoms with E-state index in [2.05, 4.69) is 21.6 Å². The maximum atomic E-state index is 13.0. The average Bonchev–Trinajstić information content (AvgIpc) is 3.17. The van der Waals surface area contributed by atoms with E-state index in [0.29, 0.717) is 11.7 Å². The molecule has 27 heavy (non-hydrogen) atoms. The van der Waals surface area contributed by atoms with Gasteiger partial charge in [-0.2, -0.15) is 9.94 Å². The zero-order valence-electron chi connectivity index (χ0n) is 14.8. The number of hydrogen-bond acceptors (Lipinski definition) is 6. The fourth-order valence-electron chi connectivity index (χ4n) is 2.55. The molecular formula is C19H18N6OS. The van der Waals surface area contributed by atoms with E-state index < -0.39 is 5.25 Å². The van der Waals surface area contributed by atoms with Crippen LogP contribution in [0.25, 0.3) is 5.69 Å². The lowest BCUT2D eigenvalue weighted by Crippen LogP contribution is -2.37. The van der Waals surface area contributed by atoms with Gasteiger partial charge in [0.2, 0.25) is 11.1 Å². The maximum absolute atomic E-state index is 13.0. The van der Waals surface area contributed by atoms with Crippen molar-refractivity contribution in [2.45, 2.75) is 23.8 Å². The number of tetrazole rings is 1. The highest BCUT2D eigenvalue weighted by Crippen LogP contribution is 2.26. The molecule has 8 heteroatoms. The van der Waals surface area contributed by atoms with Gasteiger partial charge in [-0.15, -0.1) is 5.10 Å². The number of thioether (sulfide) groups is 1. The second-order valence-corrected chi connectivity index (χ2v) is 7.01. The van der Waals surface area contributed by atoms with Crippen LogP contribution >= 0.6 is 11.8 Å². The number of hydrogen-bond donors (Lipinski definition) is 0. The Balaban J connectivity index is 1.79. The number of para-hydroxylation sites is 2. The van der Waals surface area contributed by atoms with Crippen LogP contribution in [0.2, 0.25) is 0 Å². The zero-order chi connectivity index (χ0) is 19.1. The minimum Gasteiger partial charge on any atom is -0.310 e. The van der Waals surface area contributed by atoms with Gasteiger partial charge in [0.1, 0.15) is 0 Å². The van der Waals surface area contributed by atoms with Gasteiger partial charge in [-0.1, -0.05) is 48.2 Å². The van der Waals surface area contributed by atoms with E-state index in [1.165, 1.54) is 11.8 Å². The first-order chi connectivity index (χ1) is 13.2. The Morgan fingerprint density at radius 1 is 1.19 bits per heavy atom. The van der Waals surface area contributed by atoms with E-state index in [1.807, 2.05) is 67.6 Å². The van der Waals surface area contributed by atoms with Crippen LogP contribution in [0.3, 0.4) is 0 Å². The molecule has 0 aliphatic heterocycles. The first-order valence-corrected chi connectivity index (χ1v) is 9.32. The second kappa shape index (κ2) is 8.96. The Hall–Kier alpha value is -3.18. The molecular weight excluding hydrogens is 360 g/mol. The van der Waals surface area contributed by atoms with Crippen molar-refractivity contribution in [2.75, 3.05) is 11.4 Å². The summed E-state index contributed by atoms with van der Waals surface area (Å²) in [6.45, 7) is 2.16. The van der Waals surface area contributed by atoms with Crippen LogP contribution in [0.1, 0.15) is 13.3 Å². The predicted molar refractivity (Wildman–Crippen MR) is 103 cm³/mol. The van der Waals surface area contributed by atoms with Crippen LogP contribution in [0.4, 0.5) is 5.69 Å². The van der Waals surface area contributed by atoms with Gasteiger partial charge >= 0.3 is 0 Å². The Labute approximate surface area is 161 Å². The van der Waals surface area contributed by atoms with E-state index >= 15 is 0 Å². The summed E-state index contributed by atoms with van der Waals surface area (Å²) in [6.07, 6.45) is 0.264. The minimum absolute atomic E-state index is 0.0935. The minimum atomic E-state index is -0.419. The van der Waals surface area contributed by atoms with Crippen molar-refractivity contribution >= 4 is 23.4 Å². The number of nitriles is 1. The quantitative estimate of drug-likeness (QED) is 0.587. The zero-order valence-corrected chi connectivity index (χ0v) is 15.6. The van der Waals surface area contributed by atoms with Gasteiger partial charge in [0.25, 0.3) is 0 Å². The molecule has 136 valence electrons. The van der Waals surface area contributed by atoms with E-state index in [-0.39, 0.29) is 12.3 Å². The molecule has 1 amide bonds. The number of amides is 1. The Morgan fingerprint density at radius 3 is 2.52 bits per heavy atom. The van der Waals surface area contributed by atoms with E-state index in [0.717, 1.165) is 11.4 Å². The molecule has 1 atom stereocenters. The summed E-state index contributed by atoms with van der Waals surface area (Å²) in [5.74, 6) is -0.0935. The van der Waals surface area contributed by atoms with Crippen molar-refractivity contribution in [2.24, 2.45) is 0 Å². The lowest BCUT2D eigenvalue weighted by Gasteiger charge is -2.24. The van der Waals surface area contributed by atoms with Crippen LogP contribution in [-0.4, -0.2) is 37.9 Å². The third kappa shape index (κ3) is 4.51. The molecule has 0 spiro atoms. The topological polar surface area (TPSA) is 87.7 Å². The highest BCUT2D eigenvalue weighted by molar-refractivity contribution is 8.00. The Kier molecular flexibility index (Phi) is 6.18. The Bertz CT molecular complexity index is 922. The second-order valence-electron chi connectivity index (χ2n) is 5.70. The lowest BCUT2D eigenvalue weighted by atomic mass is 10.2. The molecule has 3 aromatic rings. The molecule has 0 N–H and O–H groups in total. The van der Waals surface area contributed by atoms with Crippen molar-refractivity contribution < 1.29 is 4.79 Å². The van der Waals surface area contributed by atoms with Gasteiger partial charge in [0, 0.05) is 12.2 Å². The molecule has 3 rings (SSSR count). The molecule has 0 bridgehead atoms. The molecule has 0 unspecified atom stereocenters. The van der Waals surface area contributed by atoms with Crippen LogP contribution in [0.15, 0.2) is 65.8 Å². The SMILES string of the molecule is C[C@H](Sc1nnnn1-c1ccccc1)C(=O)N(CCC#N)c1ccccc1. The normalized spacial score (nSPS) is 11.6. The fraction of sp³-hybridized carbons (Fsp3) is 0.211. The van der Waals surface area contributed by atoms with Crippen molar-refractivity contribution in [3.63, 3.8) is 0 Å². The van der Waals surface area contributed by atoms with Crippen molar-refractivity contribution in [3.05, 3.63) is 60.7 Å². The third-order valence-corrected chi connectivity index (χ3v) is 4.87. The largest absolute Gasteiger partial charge is 0.310 e. The first kappa shape index (κ1) is 18.6. The number of anilines is 1. The molecule has 0 fully saturated rings. The van der Waals surface area contributed by atoms with E-state index in [1.54, 1.807) is 9.58 Å². The monoisotopic (exact) mass is 378 g/mol. The summed E-state index contributed by atoms with van der Waals surface area (Å²) in [4.78, 5) is 14.7. The standard InChI is InChI=1S/C19H18N6OS/c1-15(18(26)24(14-8-13-20)16-9-4-2-5-10-16)27-19-21-22-23-25(19)17-11-6-3-7-12-17/h2-7,9-12,15H,8,14H2,1H3/t15-/m0/s1. The van der Waals surface area contributed by atoms with Crippen LogP contribution < -0.4 is 4.90 Å². The number of benzene rings is 2. The summed E-state index contributed by atoms with van der Waals surface area (Å²) < 4.78 is 1.61. The molecule has 7 nitrogen and oxygen atoms in total. The lowest BCUT2D eigenvalue weighted by molar-refractivity contribution is -0.117. The predicted octanol–water partition coefficient (Wildman–Crippen LogP) is 3.09. The summed E-state index contributed by atoms with van der Waals surface area (Å²) in [7, 11) is 0. The highest BCUT2D eigenvalue weighted by atomic mass is 32.2. The molecule has 2 aromatic carbocycles.